The summed E-state index contributed by atoms with van der Waals surface area (Å²) in [5.74, 6) is 0.999. The molecule has 2 rings (SSSR count). The van der Waals surface area contributed by atoms with Gasteiger partial charge in [0.1, 0.15) is 18.1 Å². The van der Waals surface area contributed by atoms with Crippen LogP contribution in [0.3, 0.4) is 0 Å². The van der Waals surface area contributed by atoms with Gasteiger partial charge in [-0.3, -0.25) is 0 Å². The Kier molecular flexibility index (Phi) is 3.85. The van der Waals surface area contributed by atoms with Crippen molar-refractivity contribution in [3.05, 3.63) is 59.7 Å². The van der Waals surface area contributed by atoms with Crippen LogP contribution >= 0.6 is 0 Å². The van der Waals surface area contributed by atoms with Gasteiger partial charge in [-0.15, -0.1) is 0 Å². The molecule has 0 heterocycles. The lowest BCUT2D eigenvalue weighted by Gasteiger charge is -2.15. The van der Waals surface area contributed by atoms with Crippen LogP contribution in [0.4, 0.5) is 0 Å². The van der Waals surface area contributed by atoms with E-state index in [9.17, 15) is 5.11 Å². The molecular formula is C15H17NO2. The Labute approximate surface area is 107 Å². The van der Waals surface area contributed by atoms with E-state index in [1.54, 1.807) is 18.2 Å². The number of hydrogen-bond donors (Lipinski definition) is 2. The topological polar surface area (TPSA) is 55.5 Å². The summed E-state index contributed by atoms with van der Waals surface area (Å²) in [5, 5.41) is 9.69. The Hall–Kier alpha value is -2.00. The number of aryl methyl sites for hydroxylation is 1. The fourth-order valence-electron chi connectivity index (χ4n) is 1.78. The van der Waals surface area contributed by atoms with Gasteiger partial charge in [0.05, 0.1) is 6.04 Å². The zero-order valence-electron chi connectivity index (χ0n) is 10.3. The second-order valence-electron chi connectivity index (χ2n) is 4.29. The molecule has 0 aliphatic heterocycles. The molecule has 0 bridgehead atoms. The average molecular weight is 243 g/mol. The Morgan fingerprint density at radius 2 is 1.94 bits per heavy atom. The molecule has 1 unspecified atom stereocenters. The molecule has 0 aromatic heterocycles. The van der Waals surface area contributed by atoms with E-state index >= 15 is 0 Å². The van der Waals surface area contributed by atoms with Crippen LogP contribution in [-0.2, 0) is 0 Å². The molecular weight excluding hydrogens is 226 g/mol. The maximum Gasteiger partial charge on any atom is 0.120 e. The Balaban J connectivity index is 2.00. The van der Waals surface area contributed by atoms with E-state index < -0.39 is 0 Å². The molecule has 0 fully saturated rings. The van der Waals surface area contributed by atoms with Crippen LogP contribution in [0.15, 0.2) is 48.5 Å². The number of hydrogen-bond acceptors (Lipinski definition) is 3. The lowest BCUT2D eigenvalue weighted by Crippen LogP contribution is -2.19. The highest BCUT2D eigenvalue weighted by molar-refractivity contribution is 5.34. The lowest BCUT2D eigenvalue weighted by atomic mass is 10.1. The Morgan fingerprint density at radius 3 is 2.67 bits per heavy atom. The zero-order valence-corrected chi connectivity index (χ0v) is 10.3. The standard InChI is InChI=1S/C15H17NO2/c1-11-5-4-6-12(9-11)18-10-14(16)13-7-2-3-8-15(13)17/h2-9,14,17H,10,16H2,1H3. The minimum Gasteiger partial charge on any atom is -0.508 e. The first-order valence-corrected chi connectivity index (χ1v) is 5.90. The van der Waals surface area contributed by atoms with E-state index in [1.165, 1.54) is 0 Å². The summed E-state index contributed by atoms with van der Waals surface area (Å²) in [4.78, 5) is 0. The Bertz CT molecular complexity index is 525. The first-order valence-electron chi connectivity index (χ1n) is 5.90. The maximum atomic E-state index is 9.69. The van der Waals surface area contributed by atoms with E-state index in [4.69, 9.17) is 10.5 Å². The number of rotatable bonds is 4. The Morgan fingerprint density at radius 1 is 1.17 bits per heavy atom. The number of phenols is 1. The number of aromatic hydroxyl groups is 1. The third kappa shape index (κ3) is 3.02. The smallest absolute Gasteiger partial charge is 0.120 e. The summed E-state index contributed by atoms with van der Waals surface area (Å²) in [6.45, 7) is 2.34. The van der Waals surface area contributed by atoms with Gasteiger partial charge in [0.2, 0.25) is 0 Å². The van der Waals surface area contributed by atoms with Crippen molar-refractivity contribution >= 4 is 0 Å². The molecule has 0 aliphatic rings. The van der Waals surface area contributed by atoms with Crippen LogP contribution in [-0.4, -0.2) is 11.7 Å². The fraction of sp³-hybridized carbons (Fsp3) is 0.200. The molecule has 94 valence electrons. The van der Waals surface area contributed by atoms with E-state index in [0.29, 0.717) is 12.2 Å². The number of phenolic OH excluding ortho intramolecular Hbond substituents is 1. The molecule has 3 N–H and O–H groups in total. The first-order chi connectivity index (χ1) is 8.66. The van der Waals surface area contributed by atoms with Crippen LogP contribution in [0.2, 0.25) is 0 Å². The summed E-state index contributed by atoms with van der Waals surface area (Å²) in [6, 6.07) is 14.5. The van der Waals surface area contributed by atoms with Crippen molar-refractivity contribution in [2.75, 3.05) is 6.61 Å². The zero-order chi connectivity index (χ0) is 13.0. The van der Waals surface area contributed by atoms with Crippen molar-refractivity contribution in [3.8, 4) is 11.5 Å². The third-order valence-electron chi connectivity index (χ3n) is 2.76. The molecule has 1 atom stereocenters. The van der Waals surface area contributed by atoms with Crippen molar-refractivity contribution in [3.63, 3.8) is 0 Å². The molecule has 3 nitrogen and oxygen atoms in total. The van der Waals surface area contributed by atoms with Gasteiger partial charge in [-0.1, -0.05) is 30.3 Å². The highest BCUT2D eigenvalue weighted by atomic mass is 16.5. The average Bonchev–Trinajstić information content (AvgIpc) is 2.37. The van der Waals surface area contributed by atoms with Crippen LogP contribution in [0, 0.1) is 6.92 Å². The van der Waals surface area contributed by atoms with Crippen LogP contribution in [0.5, 0.6) is 11.5 Å². The van der Waals surface area contributed by atoms with Crippen molar-refractivity contribution in [2.45, 2.75) is 13.0 Å². The van der Waals surface area contributed by atoms with Gasteiger partial charge in [0.25, 0.3) is 0 Å². The molecule has 0 radical (unpaired) electrons. The third-order valence-corrected chi connectivity index (χ3v) is 2.76. The molecule has 18 heavy (non-hydrogen) atoms. The van der Waals surface area contributed by atoms with Gasteiger partial charge in [-0.25, -0.2) is 0 Å². The number of nitrogens with two attached hydrogens (primary N) is 1. The SMILES string of the molecule is Cc1cccc(OCC(N)c2ccccc2O)c1. The largest absolute Gasteiger partial charge is 0.508 e. The maximum absolute atomic E-state index is 9.69. The molecule has 3 heteroatoms. The van der Waals surface area contributed by atoms with Crippen molar-refractivity contribution in [1.82, 2.24) is 0 Å². The van der Waals surface area contributed by atoms with Gasteiger partial charge in [-0.2, -0.15) is 0 Å². The van der Waals surface area contributed by atoms with Crippen molar-refractivity contribution in [1.29, 1.82) is 0 Å². The van der Waals surface area contributed by atoms with Crippen molar-refractivity contribution in [2.24, 2.45) is 5.73 Å². The second-order valence-corrected chi connectivity index (χ2v) is 4.29. The van der Waals surface area contributed by atoms with Crippen LogP contribution < -0.4 is 10.5 Å². The second kappa shape index (κ2) is 5.56. The first kappa shape index (κ1) is 12.5. The lowest BCUT2D eigenvalue weighted by molar-refractivity contribution is 0.287. The number of para-hydroxylation sites is 1. The normalized spacial score (nSPS) is 12.1. The minimum absolute atomic E-state index is 0.206. The van der Waals surface area contributed by atoms with E-state index in [0.717, 1.165) is 11.3 Å². The highest BCUT2D eigenvalue weighted by Crippen LogP contribution is 2.23. The molecule has 2 aromatic carbocycles. The van der Waals surface area contributed by atoms with E-state index in [2.05, 4.69) is 0 Å². The summed E-state index contributed by atoms with van der Waals surface area (Å²) >= 11 is 0. The molecule has 0 amide bonds. The predicted octanol–water partition coefficient (Wildman–Crippen LogP) is 2.78. The van der Waals surface area contributed by atoms with Gasteiger partial charge in [0.15, 0.2) is 0 Å². The highest BCUT2D eigenvalue weighted by Gasteiger charge is 2.10. The predicted molar refractivity (Wildman–Crippen MR) is 71.7 cm³/mol. The summed E-state index contributed by atoms with van der Waals surface area (Å²) in [5.41, 5.74) is 7.84. The fourth-order valence-corrected chi connectivity index (χ4v) is 1.78. The molecule has 0 aliphatic carbocycles. The molecule has 2 aromatic rings. The van der Waals surface area contributed by atoms with E-state index in [-0.39, 0.29) is 11.8 Å². The molecule has 0 saturated heterocycles. The number of ether oxygens (including phenoxy) is 1. The molecule has 0 saturated carbocycles. The summed E-state index contributed by atoms with van der Waals surface area (Å²) in [6.07, 6.45) is 0. The van der Waals surface area contributed by atoms with Crippen molar-refractivity contribution < 1.29 is 9.84 Å². The quantitative estimate of drug-likeness (QED) is 0.868. The summed E-state index contributed by atoms with van der Waals surface area (Å²) in [7, 11) is 0. The van der Waals surface area contributed by atoms with Gasteiger partial charge >= 0.3 is 0 Å². The van der Waals surface area contributed by atoms with Gasteiger partial charge in [-0.05, 0) is 30.7 Å². The van der Waals surface area contributed by atoms with E-state index in [1.807, 2.05) is 37.3 Å². The van der Waals surface area contributed by atoms with Gasteiger partial charge in [0, 0.05) is 5.56 Å². The minimum atomic E-state index is -0.341. The van der Waals surface area contributed by atoms with Crippen LogP contribution in [0.25, 0.3) is 0 Å². The monoisotopic (exact) mass is 243 g/mol. The van der Waals surface area contributed by atoms with Crippen LogP contribution in [0.1, 0.15) is 17.2 Å². The van der Waals surface area contributed by atoms with Gasteiger partial charge < -0.3 is 15.6 Å². The summed E-state index contributed by atoms with van der Waals surface area (Å²) < 4.78 is 5.62. The number of benzene rings is 2. The molecule has 0 spiro atoms.